The van der Waals surface area contributed by atoms with Gasteiger partial charge in [-0.1, -0.05) is 6.92 Å². The van der Waals surface area contributed by atoms with Crippen molar-refractivity contribution in [3.63, 3.8) is 0 Å². The second-order valence-electron chi connectivity index (χ2n) is 4.21. The Hall–Kier alpha value is -1.40. The number of anilines is 2. The Morgan fingerprint density at radius 1 is 1.22 bits per heavy atom. The lowest BCUT2D eigenvalue weighted by molar-refractivity contribution is 0.286. The summed E-state index contributed by atoms with van der Waals surface area (Å²) in [6.45, 7) is 5.03. The summed E-state index contributed by atoms with van der Waals surface area (Å²) in [6.07, 6.45) is 3.53. The van der Waals surface area contributed by atoms with Crippen LogP contribution in [0.3, 0.4) is 0 Å². The maximum absolute atomic E-state index is 8.73. The Bertz CT molecular complexity index is 370. The predicted molar refractivity (Wildman–Crippen MR) is 73.4 cm³/mol. The van der Waals surface area contributed by atoms with Gasteiger partial charge >= 0.3 is 0 Å². The number of aliphatic hydroxyl groups is 1. The Balaban J connectivity index is 2.77. The second kappa shape index (κ2) is 7.84. The average molecular weight is 253 g/mol. The molecule has 0 bridgehead atoms. The van der Waals surface area contributed by atoms with Crippen molar-refractivity contribution in [2.75, 3.05) is 23.9 Å². The van der Waals surface area contributed by atoms with Gasteiger partial charge in [0.05, 0.1) is 0 Å². The lowest BCUT2D eigenvalue weighted by Crippen LogP contribution is -2.15. The van der Waals surface area contributed by atoms with Crippen LogP contribution in [0.1, 0.15) is 37.6 Å². The minimum Gasteiger partial charge on any atom is -0.396 e. The number of hydrazine groups is 1. The summed E-state index contributed by atoms with van der Waals surface area (Å²) in [5.74, 6) is 7.74. The minimum absolute atomic E-state index is 0.223. The van der Waals surface area contributed by atoms with Crippen molar-refractivity contribution < 1.29 is 5.11 Å². The van der Waals surface area contributed by atoms with E-state index in [0.717, 1.165) is 49.4 Å². The number of nitrogens with two attached hydrogens (primary N) is 1. The molecule has 0 atom stereocenters. The summed E-state index contributed by atoms with van der Waals surface area (Å²) in [5, 5.41) is 12.0. The van der Waals surface area contributed by atoms with Crippen LogP contribution >= 0.6 is 0 Å². The van der Waals surface area contributed by atoms with Gasteiger partial charge in [-0.05, 0) is 26.2 Å². The van der Waals surface area contributed by atoms with Gasteiger partial charge in [0.2, 0.25) is 0 Å². The minimum atomic E-state index is 0.223. The number of unbranched alkanes of at least 4 members (excludes halogenated alkanes) is 1. The highest BCUT2D eigenvalue weighted by molar-refractivity contribution is 5.56. The normalized spacial score (nSPS) is 10.4. The monoisotopic (exact) mass is 253 g/mol. The van der Waals surface area contributed by atoms with Gasteiger partial charge in [0.1, 0.15) is 17.5 Å². The SMILES string of the molecule is CCCc1nc(NN)c(C)c(NCCCCO)n1. The number of aryl methyl sites for hydroxylation is 1. The topological polar surface area (TPSA) is 96.1 Å². The number of aliphatic hydroxyl groups excluding tert-OH is 1. The van der Waals surface area contributed by atoms with Crippen LogP contribution in [0.4, 0.5) is 11.6 Å². The molecule has 0 aliphatic heterocycles. The van der Waals surface area contributed by atoms with Gasteiger partial charge in [-0.25, -0.2) is 15.8 Å². The fraction of sp³-hybridized carbons (Fsp3) is 0.667. The van der Waals surface area contributed by atoms with Crippen LogP contribution in [0.5, 0.6) is 0 Å². The van der Waals surface area contributed by atoms with Crippen molar-refractivity contribution in [2.24, 2.45) is 5.84 Å². The molecule has 0 fully saturated rings. The van der Waals surface area contributed by atoms with E-state index in [1.165, 1.54) is 0 Å². The standard InChI is InChI=1S/C12H23N5O/c1-3-6-10-15-11(14-7-4-5-8-18)9(2)12(16-10)17-13/h18H,3-8,13H2,1-2H3,(H2,14,15,16,17). The van der Waals surface area contributed by atoms with Crippen molar-refractivity contribution >= 4 is 11.6 Å². The Kier molecular flexibility index (Phi) is 6.38. The number of nitrogens with one attached hydrogen (secondary N) is 2. The molecule has 1 aromatic heterocycles. The van der Waals surface area contributed by atoms with Crippen molar-refractivity contribution in [2.45, 2.75) is 39.5 Å². The third kappa shape index (κ3) is 4.12. The third-order valence-electron chi connectivity index (χ3n) is 2.68. The lowest BCUT2D eigenvalue weighted by atomic mass is 10.2. The van der Waals surface area contributed by atoms with E-state index in [1.807, 2.05) is 6.92 Å². The summed E-state index contributed by atoms with van der Waals surface area (Å²) < 4.78 is 0. The number of hydrogen-bond acceptors (Lipinski definition) is 6. The molecule has 0 unspecified atom stereocenters. The summed E-state index contributed by atoms with van der Waals surface area (Å²) in [5.41, 5.74) is 3.52. The average Bonchev–Trinajstić information content (AvgIpc) is 2.38. The van der Waals surface area contributed by atoms with Crippen molar-refractivity contribution in [3.8, 4) is 0 Å². The molecule has 0 aliphatic rings. The molecule has 0 aliphatic carbocycles. The van der Waals surface area contributed by atoms with E-state index in [0.29, 0.717) is 5.82 Å². The van der Waals surface area contributed by atoms with Gasteiger partial charge in [0.25, 0.3) is 0 Å². The maximum atomic E-state index is 8.73. The molecular weight excluding hydrogens is 230 g/mol. The summed E-state index contributed by atoms with van der Waals surface area (Å²) in [7, 11) is 0. The first-order valence-corrected chi connectivity index (χ1v) is 6.41. The first kappa shape index (κ1) is 14.7. The van der Waals surface area contributed by atoms with E-state index in [9.17, 15) is 0 Å². The van der Waals surface area contributed by atoms with E-state index in [1.54, 1.807) is 0 Å². The fourth-order valence-corrected chi connectivity index (χ4v) is 1.65. The highest BCUT2D eigenvalue weighted by Crippen LogP contribution is 2.19. The van der Waals surface area contributed by atoms with E-state index in [2.05, 4.69) is 27.6 Å². The second-order valence-corrected chi connectivity index (χ2v) is 4.21. The molecule has 0 saturated heterocycles. The Labute approximate surface area is 108 Å². The van der Waals surface area contributed by atoms with Crippen LogP contribution in [0.25, 0.3) is 0 Å². The summed E-state index contributed by atoms with van der Waals surface area (Å²) >= 11 is 0. The highest BCUT2D eigenvalue weighted by Gasteiger charge is 2.09. The van der Waals surface area contributed by atoms with Crippen LogP contribution in [0.2, 0.25) is 0 Å². The van der Waals surface area contributed by atoms with E-state index >= 15 is 0 Å². The van der Waals surface area contributed by atoms with Crippen LogP contribution in [-0.4, -0.2) is 28.2 Å². The molecule has 102 valence electrons. The van der Waals surface area contributed by atoms with Crippen molar-refractivity contribution in [1.82, 2.24) is 9.97 Å². The molecule has 1 rings (SSSR count). The first-order valence-electron chi connectivity index (χ1n) is 6.41. The molecule has 1 aromatic rings. The molecule has 18 heavy (non-hydrogen) atoms. The molecule has 0 spiro atoms. The quantitative estimate of drug-likeness (QED) is 0.316. The predicted octanol–water partition coefficient (Wildman–Crippen LogP) is 1.21. The van der Waals surface area contributed by atoms with E-state index in [4.69, 9.17) is 10.9 Å². The van der Waals surface area contributed by atoms with Gasteiger partial charge in [-0.15, -0.1) is 0 Å². The first-order chi connectivity index (χ1) is 8.72. The van der Waals surface area contributed by atoms with Gasteiger partial charge in [-0.2, -0.15) is 0 Å². The zero-order valence-corrected chi connectivity index (χ0v) is 11.2. The number of nitrogens with zero attached hydrogens (tertiary/aromatic N) is 2. The highest BCUT2D eigenvalue weighted by atomic mass is 16.2. The van der Waals surface area contributed by atoms with Crippen LogP contribution in [-0.2, 0) is 6.42 Å². The summed E-state index contributed by atoms with van der Waals surface area (Å²) in [6, 6.07) is 0. The fourth-order valence-electron chi connectivity index (χ4n) is 1.65. The zero-order valence-electron chi connectivity index (χ0n) is 11.2. The number of aromatic nitrogens is 2. The molecule has 5 N–H and O–H groups in total. The van der Waals surface area contributed by atoms with Crippen LogP contribution in [0.15, 0.2) is 0 Å². The largest absolute Gasteiger partial charge is 0.396 e. The van der Waals surface area contributed by atoms with Gasteiger partial charge in [-0.3, -0.25) is 0 Å². The Morgan fingerprint density at radius 2 is 1.94 bits per heavy atom. The molecule has 0 aromatic carbocycles. The van der Waals surface area contributed by atoms with Crippen LogP contribution in [0, 0.1) is 6.92 Å². The van der Waals surface area contributed by atoms with Gasteiger partial charge in [0, 0.05) is 25.1 Å². The molecular formula is C12H23N5O. The van der Waals surface area contributed by atoms with Gasteiger partial charge < -0.3 is 15.8 Å². The number of rotatable bonds is 8. The summed E-state index contributed by atoms with van der Waals surface area (Å²) in [4.78, 5) is 8.85. The third-order valence-corrected chi connectivity index (χ3v) is 2.68. The molecule has 6 heteroatoms. The van der Waals surface area contributed by atoms with Crippen molar-refractivity contribution in [3.05, 3.63) is 11.4 Å². The van der Waals surface area contributed by atoms with Crippen LogP contribution < -0.4 is 16.6 Å². The molecule has 0 amide bonds. The smallest absolute Gasteiger partial charge is 0.148 e. The molecule has 0 saturated carbocycles. The van der Waals surface area contributed by atoms with Crippen molar-refractivity contribution in [1.29, 1.82) is 0 Å². The van der Waals surface area contributed by atoms with E-state index in [-0.39, 0.29) is 6.61 Å². The lowest BCUT2D eigenvalue weighted by Gasteiger charge is -2.13. The Morgan fingerprint density at radius 3 is 2.56 bits per heavy atom. The van der Waals surface area contributed by atoms with E-state index < -0.39 is 0 Å². The molecule has 0 radical (unpaired) electrons. The number of nitrogen functional groups attached to an aromatic ring is 1. The number of hydrogen-bond donors (Lipinski definition) is 4. The molecule has 1 heterocycles. The molecule has 6 nitrogen and oxygen atoms in total. The van der Waals surface area contributed by atoms with Gasteiger partial charge in [0.15, 0.2) is 0 Å². The zero-order chi connectivity index (χ0) is 13.4. The maximum Gasteiger partial charge on any atom is 0.148 e.